The van der Waals surface area contributed by atoms with E-state index in [9.17, 15) is 9.90 Å². The summed E-state index contributed by atoms with van der Waals surface area (Å²) in [5.74, 6) is -0.904. The van der Waals surface area contributed by atoms with E-state index in [0.717, 1.165) is 0 Å². The van der Waals surface area contributed by atoms with Gasteiger partial charge in [0.25, 0.3) is 0 Å². The molecule has 0 unspecified atom stereocenters. The van der Waals surface area contributed by atoms with Gasteiger partial charge in [-0.1, -0.05) is 6.07 Å². The molecule has 14 heavy (non-hydrogen) atoms. The van der Waals surface area contributed by atoms with Gasteiger partial charge in [-0.25, -0.2) is 4.79 Å². The van der Waals surface area contributed by atoms with Crippen LogP contribution in [0.2, 0.25) is 0 Å². The van der Waals surface area contributed by atoms with E-state index in [4.69, 9.17) is 5.26 Å². The molecule has 0 saturated heterocycles. The molecule has 1 aromatic carbocycles. The van der Waals surface area contributed by atoms with E-state index in [1.165, 1.54) is 13.2 Å². The summed E-state index contributed by atoms with van der Waals surface area (Å²) in [6.45, 7) is 1.64. The van der Waals surface area contributed by atoms with Gasteiger partial charge in [0.1, 0.15) is 17.4 Å². The first-order valence-corrected chi connectivity index (χ1v) is 3.92. The van der Waals surface area contributed by atoms with E-state index in [0.29, 0.717) is 5.56 Å². The van der Waals surface area contributed by atoms with Gasteiger partial charge in [-0.3, -0.25) is 0 Å². The second kappa shape index (κ2) is 3.79. The first-order chi connectivity index (χ1) is 6.61. The molecule has 0 spiro atoms. The number of aryl methyl sites for hydroxylation is 1. The van der Waals surface area contributed by atoms with Crippen LogP contribution in [0.3, 0.4) is 0 Å². The Morgan fingerprint density at radius 1 is 1.57 bits per heavy atom. The van der Waals surface area contributed by atoms with Crippen molar-refractivity contribution in [1.82, 2.24) is 0 Å². The third-order valence-corrected chi connectivity index (χ3v) is 1.89. The van der Waals surface area contributed by atoms with Crippen LogP contribution in [0, 0.1) is 18.3 Å². The van der Waals surface area contributed by atoms with Gasteiger partial charge in [0.2, 0.25) is 0 Å². The van der Waals surface area contributed by atoms with Crippen LogP contribution in [0.1, 0.15) is 21.5 Å². The summed E-state index contributed by atoms with van der Waals surface area (Å²) in [4.78, 5) is 11.2. The highest BCUT2D eigenvalue weighted by atomic mass is 16.5. The maximum absolute atomic E-state index is 11.2. The van der Waals surface area contributed by atoms with Gasteiger partial charge in [0, 0.05) is 0 Å². The number of carbonyl (C=O) groups is 1. The summed E-state index contributed by atoms with van der Waals surface area (Å²) in [6, 6.07) is 4.86. The van der Waals surface area contributed by atoms with Crippen LogP contribution in [-0.2, 0) is 4.74 Å². The highest BCUT2D eigenvalue weighted by Gasteiger charge is 2.18. The number of aromatic hydroxyl groups is 1. The molecular formula is C10H9NO3. The van der Waals surface area contributed by atoms with Crippen molar-refractivity contribution in [2.75, 3.05) is 7.11 Å². The van der Waals surface area contributed by atoms with Crippen LogP contribution in [0.5, 0.6) is 5.75 Å². The second-order valence-corrected chi connectivity index (χ2v) is 2.76. The fourth-order valence-electron chi connectivity index (χ4n) is 1.10. The fourth-order valence-corrected chi connectivity index (χ4v) is 1.10. The van der Waals surface area contributed by atoms with E-state index in [1.807, 2.05) is 6.07 Å². The number of hydrogen-bond acceptors (Lipinski definition) is 4. The Kier molecular flexibility index (Phi) is 2.73. The maximum atomic E-state index is 11.2. The normalized spacial score (nSPS) is 9.21. The maximum Gasteiger partial charge on any atom is 0.343 e. The van der Waals surface area contributed by atoms with E-state index in [-0.39, 0.29) is 16.9 Å². The van der Waals surface area contributed by atoms with Crippen molar-refractivity contribution in [3.63, 3.8) is 0 Å². The Morgan fingerprint density at radius 2 is 2.21 bits per heavy atom. The zero-order valence-electron chi connectivity index (χ0n) is 7.87. The number of carbonyl (C=O) groups excluding carboxylic acids is 1. The Hall–Kier alpha value is -2.02. The van der Waals surface area contributed by atoms with Crippen molar-refractivity contribution in [3.05, 3.63) is 28.8 Å². The Balaban J connectivity index is 3.45. The van der Waals surface area contributed by atoms with Crippen LogP contribution < -0.4 is 0 Å². The molecule has 0 aliphatic heterocycles. The lowest BCUT2D eigenvalue weighted by molar-refractivity contribution is 0.0597. The van der Waals surface area contributed by atoms with Crippen molar-refractivity contribution in [3.8, 4) is 11.8 Å². The van der Waals surface area contributed by atoms with Crippen molar-refractivity contribution in [1.29, 1.82) is 5.26 Å². The fraction of sp³-hybridized carbons (Fsp3) is 0.200. The third-order valence-electron chi connectivity index (χ3n) is 1.89. The topological polar surface area (TPSA) is 70.3 Å². The van der Waals surface area contributed by atoms with Crippen LogP contribution in [0.25, 0.3) is 0 Å². The summed E-state index contributed by atoms with van der Waals surface area (Å²) in [5, 5.41) is 18.3. The molecular weight excluding hydrogens is 182 g/mol. The molecule has 0 atom stereocenters. The minimum Gasteiger partial charge on any atom is -0.507 e. The van der Waals surface area contributed by atoms with Gasteiger partial charge in [-0.05, 0) is 18.6 Å². The van der Waals surface area contributed by atoms with Crippen LogP contribution in [0.15, 0.2) is 12.1 Å². The molecule has 0 aliphatic carbocycles. The monoisotopic (exact) mass is 191 g/mol. The number of ether oxygens (including phenoxy) is 1. The molecule has 0 fully saturated rings. The van der Waals surface area contributed by atoms with Gasteiger partial charge < -0.3 is 9.84 Å². The van der Waals surface area contributed by atoms with Gasteiger partial charge in [-0.2, -0.15) is 5.26 Å². The third kappa shape index (κ3) is 1.52. The predicted molar refractivity (Wildman–Crippen MR) is 48.9 cm³/mol. The van der Waals surface area contributed by atoms with Crippen molar-refractivity contribution in [2.24, 2.45) is 0 Å². The summed E-state index contributed by atoms with van der Waals surface area (Å²) >= 11 is 0. The summed E-state index contributed by atoms with van der Waals surface area (Å²) in [6.07, 6.45) is 0. The number of hydrogen-bond donors (Lipinski definition) is 1. The minimum atomic E-state index is -0.706. The predicted octanol–water partition coefficient (Wildman–Crippen LogP) is 1.36. The quantitative estimate of drug-likeness (QED) is 0.680. The first-order valence-electron chi connectivity index (χ1n) is 3.92. The molecule has 4 nitrogen and oxygen atoms in total. The largest absolute Gasteiger partial charge is 0.507 e. The first kappa shape index (κ1) is 10.1. The molecule has 72 valence electrons. The lowest BCUT2D eigenvalue weighted by atomic mass is 10.0. The van der Waals surface area contributed by atoms with Crippen molar-refractivity contribution < 1.29 is 14.6 Å². The Labute approximate surface area is 81.4 Å². The SMILES string of the molecule is COC(=O)c1c(C#N)ccc(C)c1O. The highest BCUT2D eigenvalue weighted by molar-refractivity contribution is 5.95. The highest BCUT2D eigenvalue weighted by Crippen LogP contribution is 2.25. The van der Waals surface area contributed by atoms with E-state index < -0.39 is 5.97 Å². The zero-order valence-corrected chi connectivity index (χ0v) is 7.87. The van der Waals surface area contributed by atoms with E-state index >= 15 is 0 Å². The number of nitrogens with zero attached hydrogens (tertiary/aromatic N) is 1. The van der Waals surface area contributed by atoms with E-state index in [2.05, 4.69) is 4.74 Å². The van der Waals surface area contributed by atoms with Crippen LogP contribution >= 0.6 is 0 Å². The molecule has 0 amide bonds. The molecule has 0 bridgehead atoms. The standard InChI is InChI=1S/C10H9NO3/c1-6-3-4-7(5-11)8(9(6)12)10(13)14-2/h3-4,12H,1-2H3. The average molecular weight is 191 g/mol. The molecule has 1 aromatic rings. The molecule has 0 aromatic heterocycles. The Bertz CT molecular complexity index is 418. The number of rotatable bonds is 1. The summed E-state index contributed by atoms with van der Waals surface area (Å²) in [7, 11) is 1.20. The Morgan fingerprint density at radius 3 is 2.71 bits per heavy atom. The lowest BCUT2D eigenvalue weighted by Crippen LogP contribution is -2.05. The second-order valence-electron chi connectivity index (χ2n) is 2.76. The van der Waals surface area contributed by atoms with Gasteiger partial charge in [0.05, 0.1) is 12.7 Å². The number of phenolic OH excluding ortho intramolecular Hbond substituents is 1. The number of nitriles is 1. The minimum absolute atomic E-state index is 0.0741. The van der Waals surface area contributed by atoms with Crippen molar-refractivity contribution >= 4 is 5.97 Å². The number of phenols is 1. The number of esters is 1. The summed E-state index contributed by atoms with van der Waals surface area (Å²) < 4.78 is 4.46. The molecule has 4 heteroatoms. The van der Waals surface area contributed by atoms with E-state index in [1.54, 1.807) is 13.0 Å². The number of benzene rings is 1. The molecule has 0 radical (unpaired) electrons. The van der Waals surface area contributed by atoms with Gasteiger partial charge in [-0.15, -0.1) is 0 Å². The number of methoxy groups -OCH3 is 1. The smallest absolute Gasteiger partial charge is 0.343 e. The molecule has 0 saturated carbocycles. The lowest BCUT2D eigenvalue weighted by Gasteiger charge is -2.06. The zero-order chi connectivity index (χ0) is 10.7. The van der Waals surface area contributed by atoms with Crippen LogP contribution in [-0.4, -0.2) is 18.2 Å². The molecule has 0 aliphatic rings. The van der Waals surface area contributed by atoms with Gasteiger partial charge >= 0.3 is 5.97 Å². The average Bonchev–Trinajstić information content (AvgIpc) is 2.20. The molecule has 0 heterocycles. The van der Waals surface area contributed by atoms with Crippen molar-refractivity contribution in [2.45, 2.75) is 6.92 Å². The molecule has 1 N–H and O–H groups in total. The van der Waals surface area contributed by atoms with Crippen LogP contribution in [0.4, 0.5) is 0 Å². The molecule has 1 rings (SSSR count). The summed E-state index contributed by atoms with van der Waals surface area (Å²) in [5.41, 5.74) is 0.569. The van der Waals surface area contributed by atoms with Gasteiger partial charge in [0.15, 0.2) is 0 Å².